The van der Waals surface area contributed by atoms with Gasteiger partial charge in [0, 0.05) is 18.6 Å². The van der Waals surface area contributed by atoms with Crippen molar-refractivity contribution in [3.8, 4) is 0 Å². The fourth-order valence-electron chi connectivity index (χ4n) is 3.75. The summed E-state index contributed by atoms with van der Waals surface area (Å²) in [6.07, 6.45) is 5.55. The van der Waals surface area contributed by atoms with Crippen LogP contribution in [0.15, 0.2) is 30.3 Å². The lowest BCUT2D eigenvalue weighted by Gasteiger charge is -2.33. The molecule has 1 aromatic carbocycles. The van der Waals surface area contributed by atoms with Crippen molar-refractivity contribution in [3.63, 3.8) is 0 Å². The molecule has 1 N–H and O–H groups in total. The van der Waals surface area contributed by atoms with Crippen LogP contribution in [0.2, 0.25) is 0 Å². The van der Waals surface area contributed by atoms with Crippen LogP contribution in [-0.2, 0) is 0 Å². The lowest BCUT2D eigenvalue weighted by atomic mass is 9.99. The molecule has 2 unspecified atom stereocenters. The third-order valence-corrected chi connectivity index (χ3v) is 5.18. The molecule has 0 spiro atoms. The summed E-state index contributed by atoms with van der Waals surface area (Å²) in [4.78, 5) is 2.70. The first kappa shape index (κ1) is 15.1. The summed E-state index contributed by atoms with van der Waals surface area (Å²) in [7, 11) is 0. The number of likely N-dealkylation sites (tertiary alicyclic amines) is 1. The largest absolute Gasteiger partial charge is 0.308 e. The SMILES string of the molecule is CC(C)C(CNC(c1ccccc1)C1CC1)N1CCCC1. The Bertz CT molecular complexity index is 418. The normalized spacial score (nSPS) is 22.6. The molecule has 1 aliphatic carbocycles. The first-order valence-corrected chi connectivity index (χ1v) is 8.78. The van der Waals surface area contributed by atoms with Crippen LogP contribution < -0.4 is 5.32 Å². The molecule has 1 saturated heterocycles. The van der Waals surface area contributed by atoms with E-state index in [-0.39, 0.29) is 0 Å². The van der Waals surface area contributed by atoms with Crippen molar-refractivity contribution in [2.24, 2.45) is 11.8 Å². The van der Waals surface area contributed by atoms with E-state index in [0.717, 1.165) is 18.4 Å². The molecule has 1 saturated carbocycles. The van der Waals surface area contributed by atoms with Gasteiger partial charge in [0.05, 0.1) is 0 Å². The number of nitrogens with zero attached hydrogens (tertiary/aromatic N) is 1. The van der Waals surface area contributed by atoms with Crippen molar-refractivity contribution >= 4 is 0 Å². The molecule has 1 heterocycles. The van der Waals surface area contributed by atoms with Gasteiger partial charge in [-0.25, -0.2) is 0 Å². The first-order valence-electron chi connectivity index (χ1n) is 8.78. The highest BCUT2D eigenvalue weighted by molar-refractivity contribution is 5.21. The Kier molecular flexibility index (Phi) is 4.97. The molecular formula is C19H30N2. The number of benzene rings is 1. The Morgan fingerprint density at radius 2 is 1.76 bits per heavy atom. The van der Waals surface area contributed by atoms with Crippen LogP contribution in [0, 0.1) is 11.8 Å². The van der Waals surface area contributed by atoms with Gasteiger partial charge in [0.1, 0.15) is 0 Å². The molecule has 116 valence electrons. The Morgan fingerprint density at radius 1 is 1.10 bits per heavy atom. The number of rotatable bonds is 7. The van der Waals surface area contributed by atoms with Gasteiger partial charge in [-0.05, 0) is 56.2 Å². The molecule has 2 heteroatoms. The van der Waals surface area contributed by atoms with Gasteiger partial charge in [-0.3, -0.25) is 4.90 Å². The van der Waals surface area contributed by atoms with Gasteiger partial charge in [-0.15, -0.1) is 0 Å². The molecule has 2 nitrogen and oxygen atoms in total. The van der Waals surface area contributed by atoms with Crippen LogP contribution in [0.3, 0.4) is 0 Å². The molecular weight excluding hydrogens is 256 g/mol. The average Bonchev–Trinajstić information content (AvgIpc) is 3.19. The van der Waals surface area contributed by atoms with E-state index >= 15 is 0 Å². The molecule has 2 fully saturated rings. The van der Waals surface area contributed by atoms with Crippen LogP contribution in [0.4, 0.5) is 0 Å². The first-order chi connectivity index (χ1) is 10.3. The smallest absolute Gasteiger partial charge is 0.0349 e. The molecule has 3 rings (SSSR count). The maximum atomic E-state index is 3.91. The Morgan fingerprint density at radius 3 is 2.33 bits per heavy atom. The predicted octanol–water partition coefficient (Wildman–Crippen LogP) is 3.85. The minimum atomic E-state index is 0.565. The lowest BCUT2D eigenvalue weighted by Crippen LogP contribution is -2.45. The van der Waals surface area contributed by atoms with E-state index in [1.54, 1.807) is 0 Å². The Hall–Kier alpha value is -0.860. The van der Waals surface area contributed by atoms with E-state index in [1.165, 1.54) is 44.3 Å². The van der Waals surface area contributed by atoms with Crippen molar-refractivity contribution in [3.05, 3.63) is 35.9 Å². The molecule has 0 bridgehead atoms. The Balaban J connectivity index is 1.62. The summed E-state index contributed by atoms with van der Waals surface area (Å²) in [5.41, 5.74) is 1.48. The average molecular weight is 286 g/mol. The Labute approximate surface area is 129 Å². The van der Waals surface area contributed by atoms with Gasteiger partial charge in [0.25, 0.3) is 0 Å². The molecule has 2 atom stereocenters. The minimum Gasteiger partial charge on any atom is -0.308 e. The highest BCUT2D eigenvalue weighted by Gasteiger charge is 2.33. The van der Waals surface area contributed by atoms with E-state index in [4.69, 9.17) is 0 Å². The summed E-state index contributed by atoms with van der Waals surface area (Å²) >= 11 is 0. The molecule has 1 aromatic rings. The van der Waals surface area contributed by atoms with Crippen LogP contribution in [0.5, 0.6) is 0 Å². The van der Waals surface area contributed by atoms with Crippen molar-refractivity contribution in [1.29, 1.82) is 0 Å². The zero-order valence-corrected chi connectivity index (χ0v) is 13.6. The van der Waals surface area contributed by atoms with Crippen molar-refractivity contribution in [2.45, 2.75) is 51.6 Å². The molecule has 2 aliphatic rings. The van der Waals surface area contributed by atoms with Gasteiger partial charge < -0.3 is 5.32 Å². The summed E-state index contributed by atoms with van der Waals surface area (Å²) in [6.45, 7) is 8.47. The van der Waals surface area contributed by atoms with Gasteiger partial charge in [-0.2, -0.15) is 0 Å². The fourth-order valence-corrected chi connectivity index (χ4v) is 3.75. The second-order valence-electron chi connectivity index (χ2n) is 7.19. The van der Waals surface area contributed by atoms with Gasteiger partial charge >= 0.3 is 0 Å². The highest BCUT2D eigenvalue weighted by Crippen LogP contribution is 2.41. The summed E-state index contributed by atoms with van der Waals surface area (Å²) in [5.74, 6) is 1.59. The van der Waals surface area contributed by atoms with Crippen LogP contribution >= 0.6 is 0 Å². The summed E-state index contributed by atoms with van der Waals surface area (Å²) in [5, 5.41) is 3.91. The van der Waals surface area contributed by atoms with Crippen molar-refractivity contribution in [2.75, 3.05) is 19.6 Å². The molecule has 0 radical (unpaired) electrons. The van der Waals surface area contributed by atoms with Gasteiger partial charge in [-0.1, -0.05) is 44.2 Å². The summed E-state index contributed by atoms with van der Waals surface area (Å²) in [6, 6.07) is 12.3. The van der Waals surface area contributed by atoms with Crippen molar-refractivity contribution < 1.29 is 0 Å². The zero-order valence-electron chi connectivity index (χ0n) is 13.6. The lowest BCUT2D eigenvalue weighted by molar-refractivity contribution is 0.180. The van der Waals surface area contributed by atoms with Crippen LogP contribution in [0.25, 0.3) is 0 Å². The topological polar surface area (TPSA) is 15.3 Å². The van der Waals surface area contributed by atoms with Crippen LogP contribution in [0.1, 0.15) is 51.1 Å². The van der Waals surface area contributed by atoms with E-state index in [9.17, 15) is 0 Å². The second-order valence-corrected chi connectivity index (χ2v) is 7.19. The third kappa shape index (κ3) is 3.87. The summed E-state index contributed by atoms with van der Waals surface area (Å²) < 4.78 is 0. The third-order valence-electron chi connectivity index (χ3n) is 5.18. The maximum Gasteiger partial charge on any atom is 0.0349 e. The maximum absolute atomic E-state index is 3.91. The highest BCUT2D eigenvalue weighted by atomic mass is 15.2. The van der Waals surface area contributed by atoms with Crippen LogP contribution in [-0.4, -0.2) is 30.6 Å². The second kappa shape index (κ2) is 6.93. The quantitative estimate of drug-likeness (QED) is 0.819. The number of nitrogens with one attached hydrogen (secondary N) is 1. The van der Waals surface area contributed by atoms with E-state index in [2.05, 4.69) is 54.4 Å². The van der Waals surface area contributed by atoms with E-state index in [0.29, 0.717) is 12.1 Å². The molecule has 0 amide bonds. The molecule has 21 heavy (non-hydrogen) atoms. The fraction of sp³-hybridized carbons (Fsp3) is 0.684. The standard InChI is InChI=1S/C19H30N2/c1-15(2)18(21-12-6-7-13-21)14-20-19(17-10-11-17)16-8-4-3-5-9-16/h3-5,8-9,15,17-20H,6-7,10-14H2,1-2H3. The monoisotopic (exact) mass is 286 g/mol. The minimum absolute atomic E-state index is 0.565. The van der Waals surface area contributed by atoms with Crippen molar-refractivity contribution in [1.82, 2.24) is 10.2 Å². The molecule has 1 aliphatic heterocycles. The van der Waals surface area contributed by atoms with Gasteiger partial charge in [0.15, 0.2) is 0 Å². The van der Waals surface area contributed by atoms with E-state index in [1.807, 2.05) is 0 Å². The number of hydrogen-bond donors (Lipinski definition) is 1. The zero-order chi connectivity index (χ0) is 14.7. The molecule has 0 aromatic heterocycles. The van der Waals surface area contributed by atoms with Gasteiger partial charge in [0.2, 0.25) is 0 Å². The predicted molar refractivity (Wildman–Crippen MR) is 89.3 cm³/mol. The number of hydrogen-bond acceptors (Lipinski definition) is 2. The van der Waals surface area contributed by atoms with E-state index < -0.39 is 0 Å².